The number of hydrogen-bond acceptors (Lipinski definition) is 4. The minimum absolute atomic E-state index is 0.0563. The lowest BCUT2D eigenvalue weighted by molar-refractivity contribution is -0.120. The van der Waals surface area contributed by atoms with Crippen LogP contribution in [-0.2, 0) is 25.5 Å². The van der Waals surface area contributed by atoms with Gasteiger partial charge in [0.15, 0.2) is 0 Å². The van der Waals surface area contributed by atoms with Gasteiger partial charge >= 0.3 is 0 Å². The summed E-state index contributed by atoms with van der Waals surface area (Å²) in [6.45, 7) is 5.77. The molecule has 0 spiro atoms. The maximum atomic E-state index is 11.8. The van der Waals surface area contributed by atoms with Gasteiger partial charge in [-0.15, -0.1) is 0 Å². The molecule has 1 atom stereocenters. The van der Waals surface area contributed by atoms with Crippen molar-refractivity contribution in [3.63, 3.8) is 0 Å². The molecule has 0 aromatic heterocycles. The third-order valence-electron chi connectivity index (χ3n) is 3.44. The molecule has 1 unspecified atom stereocenters. The van der Waals surface area contributed by atoms with Gasteiger partial charge in [-0.25, -0.2) is 0 Å². The van der Waals surface area contributed by atoms with Gasteiger partial charge in [0.05, 0.1) is 25.7 Å². The number of ether oxygens (including phenoxy) is 2. The summed E-state index contributed by atoms with van der Waals surface area (Å²) in [5, 5.41) is 5.48. The van der Waals surface area contributed by atoms with Gasteiger partial charge in [0, 0.05) is 18.8 Å². The molecule has 1 fully saturated rings. The third-order valence-corrected chi connectivity index (χ3v) is 3.44. The lowest BCUT2D eigenvalue weighted by Gasteiger charge is -2.10. The van der Waals surface area contributed by atoms with E-state index >= 15 is 0 Å². The van der Waals surface area contributed by atoms with Crippen molar-refractivity contribution in [1.82, 2.24) is 5.32 Å². The summed E-state index contributed by atoms with van der Waals surface area (Å²) in [5.41, 5.74) is 1.55. The second kappa shape index (κ2) is 9.07. The fourth-order valence-corrected chi connectivity index (χ4v) is 2.21. The smallest absolute Gasteiger partial charge is 0.247 e. The monoisotopic (exact) mass is 318 g/mol. The van der Waals surface area contributed by atoms with Crippen molar-refractivity contribution >= 4 is 17.5 Å². The first-order valence-electron chi connectivity index (χ1n) is 7.66. The van der Waals surface area contributed by atoms with Crippen LogP contribution >= 0.6 is 0 Å². The Kier molecular flexibility index (Phi) is 6.77. The Balaban J connectivity index is 1.65. The highest BCUT2D eigenvalue weighted by atomic mass is 16.5. The van der Waals surface area contributed by atoms with Crippen molar-refractivity contribution in [2.45, 2.75) is 18.9 Å². The van der Waals surface area contributed by atoms with E-state index < -0.39 is 0 Å². The number of nitrogens with one attached hydrogen (secondary N) is 2. The lowest BCUT2D eigenvalue weighted by atomic mass is 10.1. The lowest BCUT2D eigenvalue weighted by Crippen LogP contribution is -2.30. The molecule has 6 heteroatoms. The minimum Gasteiger partial charge on any atom is -0.379 e. The first-order valence-corrected chi connectivity index (χ1v) is 7.66. The van der Waals surface area contributed by atoms with Crippen molar-refractivity contribution in [3.8, 4) is 0 Å². The SMILES string of the molecule is C=CC(=O)Nc1ccc(CC(=O)NCCOC2CCOC2)cc1. The van der Waals surface area contributed by atoms with E-state index in [0.717, 1.165) is 18.6 Å². The van der Waals surface area contributed by atoms with E-state index in [1.165, 1.54) is 6.08 Å². The molecule has 2 N–H and O–H groups in total. The van der Waals surface area contributed by atoms with E-state index in [2.05, 4.69) is 17.2 Å². The second-order valence-electron chi connectivity index (χ2n) is 5.27. The first kappa shape index (κ1) is 17.2. The summed E-state index contributed by atoms with van der Waals surface area (Å²) in [6.07, 6.45) is 2.58. The molecule has 0 saturated carbocycles. The van der Waals surface area contributed by atoms with Gasteiger partial charge in [0.1, 0.15) is 0 Å². The van der Waals surface area contributed by atoms with Crippen molar-refractivity contribution in [2.75, 3.05) is 31.7 Å². The zero-order valence-corrected chi connectivity index (χ0v) is 13.0. The van der Waals surface area contributed by atoms with Crippen LogP contribution in [0.4, 0.5) is 5.69 Å². The van der Waals surface area contributed by atoms with Crippen LogP contribution in [0, 0.1) is 0 Å². The predicted molar refractivity (Wildman–Crippen MR) is 87.2 cm³/mol. The maximum absolute atomic E-state index is 11.8. The predicted octanol–water partition coefficient (Wildman–Crippen LogP) is 1.28. The maximum Gasteiger partial charge on any atom is 0.247 e. The van der Waals surface area contributed by atoms with Crippen LogP contribution in [0.3, 0.4) is 0 Å². The van der Waals surface area contributed by atoms with Gasteiger partial charge in [-0.3, -0.25) is 9.59 Å². The molecule has 1 heterocycles. The molecule has 0 aliphatic carbocycles. The summed E-state index contributed by atoms with van der Waals surface area (Å²) in [6, 6.07) is 7.13. The molecule has 0 radical (unpaired) electrons. The number of rotatable bonds is 8. The summed E-state index contributed by atoms with van der Waals surface area (Å²) in [5.74, 6) is -0.317. The van der Waals surface area contributed by atoms with Crippen LogP contribution in [0.5, 0.6) is 0 Å². The first-order chi connectivity index (χ1) is 11.2. The number of hydrogen-bond donors (Lipinski definition) is 2. The van der Waals surface area contributed by atoms with Gasteiger partial charge in [-0.05, 0) is 30.2 Å². The van der Waals surface area contributed by atoms with Gasteiger partial charge in [0.25, 0.3) is 0 Å². The van der Waals surface area contributed by atoms with Crippen molar-refractivity contribution in [1.29, 1.82) is 0 Å². The highest BCUT2D eigenvalue weighted by Crippen LogP contribution is 2.10. The fourth-order valence-electron chi connectivity index (χ4n) is 2.21. The van der Waals surface area contributed by atoms with Gasteiger partial charge in [0.2, 0.25) is 11.8 Å². The minimum atomic E-state index is -0.261. The molecule has 1 aromatic carbocycles. The summed E-state index contributed by atoms with van der Waals surface area (Å²) in [7, 11) is 0. The zero-order valence-electron chi connectivity index (χ0n) is 13.0. The molecule has 2 rings (SSSR count). The molecule has 1 saturated heterocycles. The molecule has 1 aromatic rings. The van der Waals surface area contributed by atoms with E-state index in [9.17, 15) is 9.59 Å². The number of carbonyl (C=O) groups excluding carboxylic acids is 2. The Hall–Kier alpha value is -2.18. The number of carbonyl (C=O) groups is 2. The van der Waals surface area contributed by atoms with E-state index in [1.54, 1.807) is 12.1 Å². The normalized spacial score (nSPS) is 16.8. The average molecular weight is 318 g/mol. The number of anilines is 1. The van der Waals surface area contributed by atoms with Crippen LogP contribution in [-0.4, -0.2) is 44.3 Å². The van der Waals surface area contributed by atoms with E-state index in [4.69, 9.17) is 9.47 Å². The summed E-state index contributed by atoms with van der Waals surface area (Å²) >= 11 is 0. The summed E-state index contributed by atoms with van der Waals surface area (Å²) < 4.78 is 10.8. The van der Waals surface area contributed by atoms with Crippen LogP contribution in [0.25, 0.3) is 0 Å². The average Bonchev–Trinajstić information content (AvgIpc) is 3.07. The molecule has 1 aliphatic heterocycles. The van der Waals surface area contributed by atoms with E-state index in [0.29, 0.717) is 31.9 Å². The number of benzene rings is 1. The molecule has 0 bridgehead atoms. The van der Waals surface area contributed by atoms with Crippen LogP contribution in [0.1, 0.15) is 12.0 Å². The van der Waals surface area contributed by atoms with Gasteiger partial charge in [-0.2, -0.15) is 0 Å². The van der Waals surface area contributed by atoms with E-state index in [-0.39, 0.29) is 17.9 Å². The topological polar surface area (TPSA) is 76.7 Å². The molecule has 1 aliphatic rings. The highest BCUT2D eigenvalue weighted by Gasteiger charge is 2.15. The third kappa shape index (κ3) is 6.22. The second-order valence-corrected chi connectivity index (χ2v) is 5.27. The van der Waals surface area contributed by atoms with Crippen molar-refractivity contribution in [3.05, 3.63) is 42.5 Å². The van der Waals surface area contributed by atoms with Gasteiger partial charge in [-0.1, -0.05) is 18.7 Å². The van der Waals surface area contributed by atoms with Gasteiger partial charge < -0.3 is 20.1 Å². The van der Waals surface area contributed by atoms with Crippen LogP contribution in [0.15, 0.2) is 36.9 Å². The Morgan fingerprint density at radius 1 is 1.35 bits per heavy atom. The molecular formula is C17H22N2O4. The Morgan fingerprint density at radius 3 is 2.78 bits per heavy atom. The quantitative estimate of drug-likeness (QED) is 0.559. The Morgan fingerprint density at radius 2 is 2.13 bits per heavy atom. The molecule has 124 valence electrons. The molecular weight excluding hydrogens is 296 g/mol. The molecule has 6 nitrogen and oxygen atoms in total. The van der Waals surface area contributed by atoms with Crippen molar-refractivity contribution in [2.24, 2.45) is 0 Å². The Bertz CT molecular complexity index is 536. The molecule has 2 amide bonds. The highest BCUT2D eigenvalue weighted by molar-refractivity contribution is 5.98. The zero-order chi connectivity index (χ0) is 16.5. The number of amides is 2. The Labute approximate surface area is 135 Å². The standard InChI is InChI=1S/C17H22N2O4/c1-2-16(20)19-14-5-3-13(4-6-14)11-17(21)18-8-10-23-15-7-9-22-12-15/h2-6,15H,1,7-12H2,(H,18,21)(H,19,20). The largest absolute Gasteiger partial charge is 0.379 e. The van der Waals surface area contributed by atoms with Crippen LogP contribution < -0.4 is 10.6 Å². The van der Waals surface area contributed by atoms with Crippen molar-refractivity contribution < 1.29 is 19.1 Å². The fraction of sp³-hybridized carbons (Fsp3) is 0.412. The summed E-state index contributed by atoms with van der Waals surface area (Å²) in [4.78, 5) is 23.0. The van der Waals surface area contributed by atoms with E-state index in [1.807, 2.05) is 12.1 Å². The molecule has 23 heavy (non-hydrogen) atoms. The van der Waals surface area contributed by atoms with Crippen LogP contribution in [0.2, 0.25) is 0 Å².